The van der Waals surface area contributed by atoms with Gasteiger partial charge < -0.3 is 20.3 Å². The number of aromatic nitrogens is 1. The van der Waals surface area contributed by atoms with E-state index < -0.39 is 11.6 Å². The normalized spacial score (nSPS) is 13.7. The summed E-state index contributed by atoms with van der Waals surface area (Å²) in [7, 11) is 1.61. The molecule has 0 aliphatic carbocycles. The number of urea groups is 1. The lowest BCUT2D eigenvalue weighted by molar-refractivity contribution is 0.208. The van der Waals surface area contributed by atoms with Gasteiger partial charge in [0.1, 0.15) is 5.69 Å². The minimum absolute atomic E-state index is 0.0106. The molecule has 3 N–H and O–H groups in total. The van der Waals surface area contributed by atoms with Gasteiger partial charge in [0.05, 0.1) is 0 Å². The number of aryl methyl sites for hydroxylation is 1. The number of nitrogens with zero attached hydrogens (tertiary/aromatic N) is 1. The summed E-state index contributed by atoms with van der Waals surface area (Å²) in [5.41, 5.74) is -0.596. The summed E-state index contributed by atoms with van der Waals surface area (Å²) in [6.07, 6.45) is 2.75. The third-order valence-electron chi connectivity index (χ3n) is 3.26. The molecule has 2 amide bonds. The minimum atomic E-state index is -0.504. The van der Waals surface area contributed by atoms with Crippen molar-refractivity contribution in [2.75, 3.05) is 11.9 Å². The van der Waals surface area contributed by atoms with E-state index in [0.29, 0.717) is 17.3 Å². The van der Waals surface area contributed by atoms with Crippen LogP contribution in [0, 0.1) is 0 Å². The molecule has 0 saturated heterocycles. The van der Waals surface area contributed by atoms with Crippen molar-refractivity contribution in [3.8, 4) is 0 Å². The van der Waals surface area contributed by atoms with Crippen LogP contribution in [0.4, 0.5) is 10.5 Å². The van der Waals surface area contributed by atoms with E-state index in [1.807, 2.05) is 13.8 Å². The van der Waals surface area contributed by atoms with Gasteiger partial charge >= 0.3 is 6.03 Å². The van der Waals surface area contributed by atoms with Crippen molar-refractivity contribution in [1.29, 1.82) is 0 Å². The van der Waals surface area contributed by atoms with Crippen LogP contribution in [0.1, 0.15) is 26.7 Å². The van der Waals surface area contributed by atoms with Gasteiger partial charge in [-0.1, -0.05) is 6.92 Å². The minimum Gasteiger partial charge on any atom is -0.396 e. The highest BCUT2D eigenvalue weighted by molar-refractivity contribution is 9.10. The molecule has 0 radical (unpaired) electrons. The van der Waals surface area contributed by atoms with Crippen molar-refractivity contribution in [1.82, 2.24) is 9.88 Å². The molecule has 1 unspecified atom stereocenters. The van der Waals surface area contributed by atoms with Gasteiger partial charge in [0, 0.05) is 29.9 Å². The van der Waals surface area contributed by atoms with Crippen LogP contribution in [0.3, 0.4) is 0 Å². The Morgan fingerprint density at radius 1 is 1.55 bits per heavy atom. The molecule has 0 bridgehead atoms. The molecule has 112 valence electrons. The molecule has 7 heteroatoms. The molecule has 0 aliphatic rings. The van der Waals surface area contributed by atoms with Crippen LogP contribution >= 0.6 is 15.9 Å². The first-order valence-corrected chi connectivity index (χ1v) is 7.17. The summed E-state index contributed by atoms with van der Waals surface area (Å²) in [6, 6.07) is 1.09. The maximum atomic E-state index is 12.0. The molecule has 0 saturated carbocycles. The number of aliphatic hydroxyl groups excluding tert-OH is 1. The second-order valence-corrected chi connectivity index (χ2v) is 5.87. The van der Waals surface area contributed by atoms with Crippen LogP contribution in [0.15, 0.2) is 21.5 Å². The average molecular weight is 346 g/mol. The number of carbonyl (C=O) groups excluding carboxylic acids is 1. The molecule has 1 rings (SSSR count). The zero-order valence-corrected chi connectivity index (χ0v) is 13.5. The van der Waals surface area contributed by atoms with E-state index in [1.54, 1.807) is 19.3 Å². The van der Waals surface area contributed by atoms with Gasteiger partial charge in [0.25, 0.3) is 5.56 Å². The number of hydrogen-bond donors (Lipinski definition) is 3. The van der Waals surface area contributed by atoms with E-state index in [1.165, 1.54) is 4.57 Å². The van der Waals surface area contributed by atoms with Crippen LogP contribution in [0.2, 0.25) is 0 Å². The molecular formula is C13H20BrN3O3. The highest BCUT2D eigenvalue weighted by Crippen LogP contribution is 2.15. The van der Waals surface area contributed by atoms with Crippen molar-refractivity contribution in [3.63, 3.8) is 0 Å². The third kappa shape index (κ3) is 4.35. The Kier molecular flexibility index (Phi) is 5.76. The first kappa shape index (κ1) is 16.7. The second kappa shape index (κ2) is 6.90. The lowest BCUT2D eigenvalue weighted by atomic mass is 9.95. The molecule has 6 nitrogen and oxygen atoms in total. The van der Waals surface area contributed by atoms with E-state index in [9.17, 15) is 9.59 Å². The fraction of sp³-hybridized carbons (Fsp3) is 0.538. The molecule has 1 heterocycles. The van der Waals surface area contributed by atoms with Crippen molar-refractivity contribution in [2.24, 2.45) is 7.05 Å². The van der Waals surface area contributed by atoms with Gasteiger partial charge in [-0.15, -0.1) is 0 Å². The van der Waals surface area contributed by atoms with Gasteiger partial charge in [0.15, 0.2) is 0 Å². The number of aliphatic hydroxyl groups is 1. The van der Waals surface area contributed by atoms with Crippen molar-refractivity contribution >= 4 is 27.6 Å². The Bertz CT molecular complexity index is 544. The van der Waals surface area contributed by atoms with Crippen LogP contribution < -0.4 is 16.2 Å². The third-order valence-corrected chi connectivity index (χ3v) is 3.69. The molecule has 0 aliphatic heterocycles. The largest absolute Gasteiger partial charge is 0.396 e. The first-order valence-electron chi connectivity index (χ1n) is 6.37. The molecule has 0 spiro atoms. The number of rotatable bonds is 5. The van der Waals surface area contributed by atoms with E-state index in [0.717, 1.165) is 0 Å². The molecule has 0 fully saturated rings. The SMILES string of the molecule is CCC(C)(CCO)NC(=O)Nc1cc(Br)cn(C)c1=O. The molecule has 1 aromatic rings. The molecule has 20 heavy (non-hydrogen) atoms. The predicted octanol–water partition coefficient (Wildman–Crippen LogP) is 1.82. The Morgan fingerprint density at radius 2 is 2.20 bits per heavy atom. The summed E-state index contributed by atoms with van der Waals surface area (Å²) in [5, 5.41) is 14.4. The lowest BCUT2D eigenvalue weighted by Gasteiger charge is -2.28. The summed E-state index contributed by atoms with van der Waals surface area (Å²) in [5.74, 6) is 0. The average Bonchev–Trinajstić information content (AvgIpc) is 2.35. The van der Waals surface area contributed by atoms with E-state index in [-0.39, 0.29) is 17.9 Å². The van der Waals surface area contributed by atoms with Crippen molar-refractivity contribution in [2.45, 2.75) is 32.2 Å². The van der Waals surface area contributed by atoms with Crippen LogP contribution in [0.5, 0.6) is 0 Å². The Labute approximate surface area is 126 Å². The number of nitrogens with one attached hydrogen (secondary N) is 2. The number of halogens is 1. The number of amides is 2. The summed E-state index contributed by atoms with van der Waals surface area (Å²) in [6.45, 7) is 3.76. The maximum Gasteiger partial charge on any atom is 0.319 e. The zero-order valence-electron chi connectivity index (χ0n) is 11.9. The Hall–Kier alpha value is -1.34. The fourth-order valence-corrected chi connectivity index (χ4v) is 2.30. The number of anilines is 1. The standard InChI is InChI=1S/C13H20BrN3O3/c1-4-13(2,5-6-18)16-12(20)15-10-7-9(14)8-17(3)11(10)19/h7-8,18H,4-6H2,1-3H3,(H2,15,16,20). The van der Waals surface area contributed by atoms with Crippen molar-refractivity contribution in [3.05, 3.63) is 27.1 Å². The topological polar surface area (TPSA) is 83.4 Å². The van der Waals surface area contributed by atoms with Gasteiger partial charge in [-0.2, -0.15) is 0 Å². The zero-order chi connectivity index (χ0) is 15.3. The van der Waals surface area contributed by atoms with Crippen LogP contribution in [0.25, 0.3) is 0 Å². The summed E-state index contributed by atoms with van der Waals surface area (Å²) in [4.78, 5) is 23.8. The van der Waals surface area contributed by atoms with Gasteiger partial charge in [-0.3, -0.25) is 4.79 Å². The highest BCUT2D eigenvalue weighted by Gasteiger charge is 2.24. The first-order chi connectivity index (χ1) is 9.31. The fourth-order valence-electron chi connectivity index (χ4n) is 1.76. The lowest BCUT2D eigenvalue weighted by Crippen LogP contribution is -2.48. The maximum absolute atomic E-state index is 12.0. The molecule has 1 aromatic heterocycles. The van der Waals surface area contributed by atoms with Gasteiger partial charge in [0.2, 0.25) is 0 Å². The van der Waals surface area contributed by atoms with E-state index in [2.05, 4.69) is 26.6 Å². The second-order valence-electron chi connectivity index (χ2n) is 4.95. The Morgan fingerprint density at radius 3 is 2.75 bits per heavy atom. The number of hydrogen-bond acceptors (Lipinski definition) is 3. The number of pyridine rings is 1. The Balaban J connectivity index is 2.84. The summed E-state index contributed by atoms with van der Waals surface area (Å²) >= 11 is 3.27. The van der Waals surface area contributed by atoms with E-state index in [4.69, 9.17) is 5.11 Å². The monoisotopic (exact) mass is 345 g/mol. The predicted molar refractivity (Wildman–Crippen MR) is 81.9 cm³/mol. The van der Waals surface area contributed by atoms with Gasteiger partial charge in [-0.05, 0) is 41.8 Å². The van der Waals surface area contributed by atoms with Crippen LogP contribution in [-0.2, 0) is 7.05 Å². The van der Waals surface area contributed by atoms with E-state index >= 15 is 0 Å². The summed E-state index contributed by atoms with van der Waals surface area (Å²) < 4.78 is 2.08. The smallest absolute Gasteiger partial charge is 0.319 e. The van der Waals surface area contributed by atoms with Crippen molar-refractivity contribution < 1.29 is 9.90 Å². The van der Waals surface area contributed by atoms with Crippen LogP contribution in [-0.4, -0.2) is 27.9 Å². The quantitative estimate of drug-likeness (QED) is 0.761. The number of carbonyl (C=O) groups is 1. The highest BCUT2D eigenvalue weighted by atomic mass is 79.9. The molecule has 0 aromatic carbocycles. The molecule has 1 atom stereocenters. The van der Waals surface area contributed by atoms with Gasteiger partial charge in [-0.25, -0.2) is 4.79 Å². The molecular weight excluding hydrogens is 326 g/mol.